The van der Waals surface area contributed by atoms with E-state index in [0.29, 0.717) is 0 Å². The monoisotopic (exact) mass is 330 g/mol. The highest BCUT2D eigenvalue weighted by Gasteiger charge is 2.31. The number of piperazine rings is 1. The number of rotatable bonds is 2. The van der Waals surface area contributed by atoms with Crippen molar-refractivity contribution >= 4 is 28.5 Å². The highest BCUT2D eigenvalue weighted by atomic mass is 127. The summed E-state index contributed by atoms with van der Waals surface area (Å²) >= 11 is 2.24. The van der Waals surface area contributed by atoms with Crippen molar-refractivity contribution < 1.29 is 0 Å². The summed E-state index contributed by atoms with van der Waals surface area (Å²) in [7, 11) is 0. The molecule has 2 aliphatic rings. The second kappa shape index (κ2) is 4.44. The van der Waals surface area contributed by atoms with Crippen molar-refractivity contribution in [1.82, 2.24) is 14.9 Å². The van der Waals surface area contributed by atoms with Crippen molar-refractivity contribution in [2.45, 2.75) is 18.9 Å². The largest absolute Gasteiger partial charge is 0.338 e. The molecule has 16 heavy (non-hydrogen) atoms. The molecule has 0 N–H and O–H groups in total. The number of hydrogen-bond acceptors (Lipinski definition) is 4. The Labute approximate surface area is 109 Å². The topological polar surface area (TPSA) is 32.3 Å². The molecule has 2 heterocycles. The maximum Gasteiger partial charge on any atom is 0.225 e. The van der Waals surface area contributed by atoms with Crippen LogP contribution in [0.1, 0.15) is 12.8 Å². The van der Waals surface area contributed by atoms with E-state index in [1.165, 1.54) is 25.9 Å². The molecule has 0 unspecified atom stereocenters. The van der Waals surface area contributed by atoms with Gasteiger partial charge >= 0.3 is 0 Å². The van der Waals surface area contributed by atoms with Crippen molar-refractivity contribution in [2.24, 2.45) is 0 Å². The lowest BCUT2D eigenvalue weighted by Crippen LogP contribution is -2.47. The van der Waals surface area contributed by atoms with Crippen LogP contribution in [0, 0.1) is 3.57 Å². The first-order valence-electron chi connectivity index (χ1n) is 5.79. The van der Waals surface area contributed by atoms with Crippen LogP contribution in [0.2, 0.25) is 0 Å². The van der Waals surface area contributed by atoms with Crippen LogP contribution in [0.5, 0.6) is 0 Å². The zero-order chi connectivity index (χ0) is 11.0. The Morgan fingerprint density at radius 2 is 1.69 bits per heavy atom. The predicted octanol–water partition coefficient (Wildman–Crippen LogP) is 1.37. The van der Waals surface area contributed by atoms with E-state index in [0.717, 1.165) is 28.6 Å². The quantitative estimate of drug-likeness (QED) is 0.767. The van der Waals surface area contributed by atoms with E-state index >= 15 is 0 Å². The molecule has 0 radical (unpaired) electrons. The van der Waals surface area contributed by atoms with Crippen molar-refractivity contribution in [3.63, 3.8) is 0 Å². The molecule has 1 aromatic heterocycles. The van der Waals surface area contributed by atoms with E-state index in [1.54, 1.807) is 0 Å². The third-order valence-electron chi connectivity index (χ3n) is 3.27. The van der Waals surface area contributed by atoms with Crippen molar-refractivity contribution in [2.75, 3.05) is 31.1 Å². The highest BCUT2D eigenvalue weighted by molar-refractivity contribution is 14.1. The Morgan fingerprint density at radius 3 is 2.25 bits per heavy atom. The summed E-state index contributed by atoms with van der Waals surface area (Å²) in [5.41, 5.74) is 0. The molecule has 86 valence electrons. The van der Waals surface area contributed by atoms with Crippen molar-refractivity contribution in [3.8, 4) is 0 Å². The van der Waals surface area contributed by atoms with Gasteiger partial charge < -0.3 is 4.90 Å². The number of anilines is 1. The fraction of sp³-hybridized carbons (Fsp3) is 0.636. The maximum atomic E-state index is 4.38. The van der Waals surface area contributed by atoms with Crippen LogP contribution in [0.3, 0.4) is 0 Å². The van der Waals surface area contributed by atoms with Gasteiger partial charge in [-0.25, -0.2) is 9.97 Å². The van der Waals surface area contributed by atoms with Crippen LogP contribution in [-0.4, -0.2) is 47.1 Å². The van der Waals surface area contributed by atoms with Crippen LogP contribution < -0.4 is 4.90 Å². The highest BCUT2D eigenvalue weighted by Crippen LogP contribution is 2.27. The smallest absolute Gasteiger partial charge is 0.225 e. The van der Waals surface area contributed by atoms with Crippen LogP contribution in [0.25, 0.3) is 0 Å². The van der Waals surface area contributed by atoms with Crippen LogP contribution in [-0.2, 0) is 0 Å². The van der Waals surface area contributed by atoms with Gasteiger partial charge in [-0.15, -0.1) is 0 Å². The molecule has 4 nitrogen and oxygen atoms in total. The minimum atomic E-state index is 0.885. The Balaban J connectivity index is 1.62. The molecule has 1 saturated carbocycles. The molecule has 0 aromatic carbocycles. The van der Waals surface area contributed by atoms with E-state index in [1.807, 2.05) is 12.4 Å². The Bertz CT molecular complexity index is 355. The summed E-state index contributed by atoms with van der Waals surface area (Å²) in [6.45, 7) is 4.47. The van der Waals surface area contributed by atoms with Crippen LogP contribution in [0.4, 0.5) is 5.95 Å². The Hall–Kier alpha value is -0.430. The van der Waals surface area contributed by atoms with Gasteiger partial charge in [-0.2, -0.15) is 0 Å². The van der Waals surface area contributed by atoms with Crippen molar-refractivity contribution in [3.05, 3.63) is 16.0 Å². The average Bonchev–Trinajstić information content (AvgIpc) is 3.14. The number of nitrogens with zero attached hydrogens (tertiary/aromatic N) is 4. The molecule has 1 saturated heterocycles. The van der Waals surface area contributed by atoms with Gasteiger partial charge in [0.15, 0.2) is 0 Å². The van der Waals surface area contributed by atoms with Gasteiger partial charge in [-0.1, -0.05) is 0 Å². The average molecular weight is 330 g/mol. The van der Waals surface area contributed by atoms with Crippen molar-refractivity contribution in [1.29, 1.82) is 0 Å². The maximum absolute atomic E-state index is 4.38. The summed E-state index contributed by atoms with van der Waals surface area (Å²) in [6.07, 6.45) is 6.58. The molecular weight excluding hydrogens is 315 g/mol. The lowest BCUT2D eigenvalue weighted by atomic mass is 10.3. The summed E-state index contributed by atoms with van der Waals surface area (Å²) in [4.78, 5) is 13.6. The summed E-state index contributed by atoms with van der Waals surface area (Å²) in [5, 5.41) is 0. The number of hydrogen-bond donors (Lipinski definition) is 0. The third kappa shape index (κ3) is 2.29. The molecular formula is C11H15IN4. The summed E-state index contributed by atoms with van der Waals surface area (Å²) in [5.74, 6) is 0.885. The van der Waals surface area contributed by atoms with Gasteiger partial charge in [0.2, 0.25) is 5.95 Å². The van der Waals surface area contributed by atoms with Gasteiger partial charge in [0, 0.05) is 48.2 Å². The number of aromatic nitrogens is 2. The van der Waals surface area contributed by atoms with E-state index in [9.17, 15) is 0 Å². The predicted molar refractivity (Wildman–Crippen MR) is 71.6 cm³/mol. The van der Waals surface area contributed by atoms with E-state index in [4.69, 9.17) is 0 Å². The number of halogens is 1. The van der Waals surface area contributed by atoms with Crippen LogP contribution >= 0.6 is 22.6 Å². The molecule has 5 heteroatoms. The minimum absolute atomic E-state index is 0.885. The van der Waals surface area contributed by atoms with E-state index in [2.05, 4.69) is 42.4 Å². The van der Waals surface area contributed by atoms with Crippen LogP contribution in [0.15, 0.2) is 12.4 Å². The first-order valence-corrected chi connectivity index (χ1v) is 6.87. The molecule has 2 fully saturated rings. The van der Waals surface area contributed by atoms with E-state index in [-0.39, 0.29) is 0 Å². The van der Waals surface area contributed by atoms with E-state index < -0.39 is 0 Å². The Morgan fingerprint density at radius 1 is 1.06 bits per heavy atom. The standard InChI is InChI=1S/C11H15IN4/c12-9-7-13-11(14-8-9)16-5-3-15(4-6-16)10-1-2-10/h7-8,10H,1-6H2. The summed E-state index contributed by atoms with van der Waals surface area (Å²) in [6, 6.07) is 0.889. The molecule has 3 rings (SSSR count). The molecule has 0 spiro atoms. The Kier molecular flexibility index (Phi) is 2.97. The summed E-state index contributed by atoms with van der Waals surface area (Å²) < 4.78 is 1.10. The molecule has 0 amide bonds. The molecule has 1 aromatic rings. The van der Waals surface area contributed by atoms with Gasteiger partial charge in [0.05, 0.1) is 0 Å². The third-order valence-corrected chi connectivity index (χ3v) is 3.82. The molecule has 0 bridgehead atoms. The SMILES string of the molecule is Ic1cnc(N2CCN(C3CC3)CC2)nc1. The lowest BCUT2D eigenvalue weighted by Gasteiger charge is -2.34. The van der Waals surface area contributed by atoms with Gasteiger partial charge in [-0.05, 0) is 35.4 Å². The second-order valence-electron chi connectivity index (χ2n) is 4.46. The van der Waals surface area contributed by atoms with Gasteiger partial charge in [-0.3, -0.25) is 4.90 Å². The molecule has 0 atom stereocenters. The second-order valence-corrected chi connectivity index (χ2v) is 5.70. The minimum Gasteiger partial charge on any atom is -0.338 e. The first-order chi connectivity index (χ1) is 7.83. The zero-order valence-corrected chi connectivity index (χ0v) is 11.3. The van der Waals surface area contributed by atoms with Gasteiger partial charge in [0.25, 0.3) is 0 Å². The van der Waals surface area contributed by atoms with Gasteiger partial charge in [0.1, 0.15) is 0 Å². The first kappa shape index (κ1) is 10.7. The molecule has 1 aliphatic heterocycles. The normalized spacial score (nSPS) is 22.4. The fourth-order valence-electron chi connectivity index (χ4n) is 2.20. The zero-order valence-electron chi connectivity index (χ0n) is 9.14. The fourth-order valence-corrected chi connectivity index (χ4v) is 2.47. The lowest BCUT2D eigenvalue weighted by molar-refractivity contribution is 0.247. The molecule has 1 aliphatic carbocycles.